The van der Waals surface area contributed by atoms with Crippen LogP contribution in [0.4, 0.5) is 0 Å². The summed E-state index contributed by atoms with van der Waals surface area (Å²) in [4.78, 5) is 11.4. The van der Waals surface area contributed by atoms with Gasteiger partial charge in [0.1, 0.15) is 12.1 Å². The number of carbonyl (C=O) groups is 1. The first kappa shape index (κ1) is 11.5. The van der Waals surface area contributed by atoms with Gasteiger partial charge in [-0.3, -0.25) is 10.6 Å². The van der Waals surface area contributed by atoms with Gasteiger partial charge < -0.3 is 4.74 Å². The molecule has 0 atom stereocenters. The van der Waals surface area contributed by atoms with Crippen LogP contribution in [-0.2, 0) is 9.53 Å². The van der Waals surface area contributed by atoms with Crippen molar-refractivity contribution in [3.8, 4) is 0 Å². The SMILES string of the molecule is CC(C)(C)OC(=O)CN(N)C1CCC1. The number of hydrogen-bond donors (Lipinski definition) is 1. The molecule has 0 aromatic carbocycles. The Hall–Kier alpha value is -0.610. The topological polar surface area (TPSA) is 55.6 Å². The molecule has 0 aromatic rings. The summed E-state index contributed by atoms with van der Waals surface area (Å²) < 4.78 is 5.17. The van der Waals surface area contributed by atoms with Gasteiger partial charge in [0, 0.05) is 6.04 Å². The van der Waals surface area contributed by atoms with Crippen LogP contribution < -0.4 is 5.84 Å². The molecule has 1 fully saturated rings. The lowest BCUT2D eigenvalue weighted by Gasteiger charge is -2.33. The zero-order valence-corrected chi connectivity index (χ0v) is 9.25. The Bertz CT molecular complexity index is 207. The minimum Gasteiger partial charge on any atom is -0.459 e. The predicted molar refractivity (Wildman–Crippen MR) is 54.4 cm³/mol. The molecule has 1 rings (SSSR count). The molecule has 4 heteroatoms. The molecule has 1 aliphatic rings. The van der Waals surface area contributed by atoms with E-state index in [0.717, 1.165) is 12.8 Å². The summed E-state index contributed by atoms with van der Waals surface area (Å²) in [6.45, 7) is 5.77. The third-order valence-electron chi connectivity index (χ3n) is 2.28. The van der Waals surface area contributed by atoms with Crippen LogP contribution in [0.2, 0.25) is 0 Å². The molecule has 0 heterocycles. The fraction of sp³-hybridized carbons (Fsp3) is 0.900. The first-order valence-corrected chi connectivity index (χ1v) is 5.12. The Kier molecular flexibility index (Phi) is 3.50. The molecule has 0 saturated heterocycles. The van der Waals surface area contributed by atoms with Crippen molar-refractivity contribution in [1.29, 1.82) is 0 Å². The van der Waals surface area contributed by atoms with E-state index in [1.807, 2.05) is 20.8 Å². The van der Waals surface area contributed by atoms with Crippen LogP contribution in [-0.4, -0.2) is 29.2 Å². The second-order valence-corrected chi connectivity index (χ2v) is 4.84. The minimum atomic E-state index is -0.419. The normalized spacial score (nSPS) is 18.1. The molecule has 0 aromatic heterocycles. The monoisotopic (exact) mass is 200 g/mol. The van der Waals surface area contributed by atoms with Crippen LogP contribution in [0, 0.1) is 0 Å². The van der Waals surface area contributed by atoms with Crippen LogP contribution in [0.3, 0.4) is 0 Å². The van der Waals surface area contributed by atoms with E-state index in [2.05, 4.69) is 0 Å². The van der Waals surface area contributed by atoms with Gasteiger partial charge in [-0.25, -0.2) is 5.01 Å². The van der Waals surface area contributed by atoms with E-state index in [4.69, 9.17) is 10.6 Å². The van der Waals surface area contributed by atoms with Crippen molar-refractivity contribution in [3.05, 3.63) is 0 Å². The van der Waals surface area contributed by atoms with Crippen LogP contribution in [0.1, 0.15) is 40.0 Å². The van der Waals surface area contributed by atoms with E-state index < -0.39 is 5.60 Å². The standard InChI is InChI=1S/C10H20N2O2/c1-10(2,3)14-9(13)7-12(11)8-5-4-6-8/h8H,4-7,11H2,1-3H3. The molecule has 4 nitrogen and oxygen atoms in total. The number of carbonyl (C=O) groups excluding carboxylic acids is 1. The van der Waals surface area contributed by atoms with Crippen LogP contribution in [0.25, 0.3) is 0 Å². The number of esters is 1. The summed E-state index contributed by atoms with van der Waals surface area (Å²) in [5.74, 6) is 5.49. The summed E-state index contributed by atoms with van der Waals surface area (Å²) in [6, 6.07) is 0.377. The number of hydrazine groups is 1. The highest BCUT2D eigenvalue weighted by Crippen LogP contribution is 2.22. The smallest absolute Gasteiger partial charge is 0.322 e. The highest BCUT2D eigenvalue weighted by molar-refractivity contribution is 5.72. The van der Waals surface area contributed by atoms with E-state index >= 15 is 0 Å². The maximum Gasteiger partial charge on any atom is 0.322 e. The summed E-state index contributed by atoms with van der Waals surface area (Å²) in [5.41, 5.74) is -0.419. The van der Waals surface area contributed by atoms with Crippen molar-refractivity contribution in [2.24, 2.45) is 5.84 Å². The maximum absolute atomic E-state index is 11.4. The van der Waals surface area contributed by atoms with Gasteiger partial charge in [0.05, 0.1) is 0 Å². The van der Waals surface area contributed by atoms with E-state index in [-0.39, 0.29) is 12.5 Å². The highest BCUT2D eigenvalue weighted by Gasteiger charge is 2.26. The van der Waals surface area contributed by atoms with Crippen molar-refractivity contribution >= 4 is 5.97 Å². The molecule has 14 heavy (non-hydrogen) atoms. The average molecular weight is 200 g/mol. The third kappa shape index (κ3) is 3.64. The fourth-order valence-corrected chi connectivity index (χ4v) is 1.37. The van der Waals surface area contributed by atoms with Crippen molar-refractivity contribution in [1.82, 2.24) is 5.01 Å². The number of nitrogens with zero attached hydrogens (tertiary/aromatic N) is 1. The highest BCUT2D eigenvalue weighted by atomic mass is 16.6. The third-order valence-corrected chi connectivity index (χ3v) is 2.28. The number of ether oxygens (including phenoxy) is 1. The van der Waals surface area contributed by atoms with Gasteiger partial charge in [-0.15, -0.1) is 0 Å². The molecule has 0 spiro atoms. The predicted octanol–water partition coefficient (Wildman–Crippen LogP) is 1.06. The minimum absolute atomic E-state index is 0.196. The van der Waals surface area contributed by atoms with E-state index in [1.54, 1.807) is 5.01 Å². The second kappa shape index (κ2) is 4.28. The quantitative estimate of drug-likeness (QED) is 0.420. The lowest BCUT2D eigenvalue weighted by atomic mass is 9.93. The zero-order chi connectivity index (χ0) is 10.8. The molecular formula is C10H20N2O2. The Morgan fingerprint density at radius 3 is 2.43 bits per heavy atom. The van der Waals surface area contributed by atoms with Gasteiger partial charge in [0.15, 0.2) is 0 Å². The van der Waals surface area contributed by atoms with Crippen LogP contribution >= 0.6 is 0 Å². The molecule has 2 N–H and O–H groups in total. The Morgan fingerprint density at radius 1 is 1.50 bits per heavy atom. The number of hydrogen-bond acceptors (Lipinski definition) is 4. The van der Waals surface area contributed by atoms with Crippen molar-refractivity contribution < 1.29 is 9.53 Å². The molecule has 82 valence electrons. The summed E-state index contributed by atoms with van der Waals surface area (Å²) in [7, 11) is 0. The Balaban J connectivity index is 2.25. The Labute approximate surface area is 85.4 Å². The van der Waals surface area contributed by atoms with E-state index in [1.165, 1.54) is 6.42 Å². The number of rotatable bonds is 3. The molecule has 0 radical (unpaired) electrons. The molecular weight excluding hydrogens is 180 g/mol. The lowest BCUT2D eigenvalue weighted by Crippen LogP contribution is -2.48. The van der Waals surface area contributed by atoms with Gasteiger partial charge in [0.2, 0.25) is 0 Å². The first-order valence-electron chi connectivity index (χ1n) is 5.12. The van der Waals surface area contributed by atoms with E-state index in [9.17, 15) is 4.79 Å². The average Bonchev–Trinajstić information content (AvgIpc) is 1.75. The first-order chi connectivity index (χ1) is 6.38. The summed E-state index contributed by atoms with van der Waals surface area (Å²) >= 11 is 0. The summed E-state index contributed by atoms with van der Waals surface area (Å²) in [5, 5.41) is 1.59. The van der Waals surface area contributed by atoms with Gasteiger partial charge >= 0.3 is 5.97 Å². The van der Waals surface area contributed by atoms with Gasteiger partial charge in [-0.05, 0) is 33.6 Å². The van der Waals surface area contributed by atoms with Crippen molar-refractivity contribution in [2.75, 3.05) is 6.54 Å². The number of nitrogens with two attached hydrogens (primary N) is 1. The molecule has 0 amide bonds. The molecule has 0 aliphatic heterocycles. The largest absolute Gasteiger partial charge is 0.459 e. The second-order valence-electron chi connectivity index (χ2n) is 4.84. The van der Waals surface area contributed by atoms with Crippen molar-refractivity contribution in [3.63, 3.8) is 0 Å². The Morgan fingerprint density at radius 2 is 2.07 bits per heavy atom. The van der Waals surface area contributed by atoms with Gasteiger partial charge in [-0.2, -0.15) is 0 Å². The maximum atomic E-state index is 11.4. The van der Waals surface area contributed by atoms with E-state index in [0.29, 0.717) is 6.04 Å². The van der Waals surface area contributed by atoms with Crippen LogP contribution in [0.5, 0.6) is 0 Å². The van der Waals surface area contributed by atoms with Crippen molar-refractivity contribution in [2.45, 2.75) is 51.7 Å². The van der Waals surface area contributed by atoms with Gasteiger partial charge in [0.25, 0.3) is 0 Å². The zero-order valence-electron chi connectivity index (χ0n) is 9.25. The lowest BCUT2D eigenvalue weighted by molar-refractivity contribution is -0.157. The van der Waals surface area contributed by atoms with Gasteiger partial charge in [-0.1, -0.05) is 6.42 Å². The molecule has 1 saturated carbocycles. The van der Waals surface area contributed by atoms with Crippen LogP contribution in [0.15, 0.2) is 0 Å². The molecule has 1 aliphatic carbocycles. The summed E-state index contributed by atoms with van der Waals surface area (Å²) in [6.07, 6.45) is 3.41. The molecule has 0 unspecified atom stereocenters. The fourth-order valence-electron chi connectivity index (χ4n) is 1.37. The molecule has 0 bridgehead atoms.